The average molecular weight is 292 g/mol. The predicted molar refractivity (Wildman–Crippen MR) is 80.9 cm³/mol. The van der Waals surface area contributed by atoms with Gasteiger partial charge in [-0.2, -0.15) is 0 Å². The van der Waals surface area contributed by atoms with Crippen molar-refractivity contribution >= 4 is 0 Å². The fraction of sp³-hybridized carbons (Fsp3) is 0.625. The fourth-order valence-electron chi connectivity index (χ4n) is 2.90. The molecule has 5 heteroatoms. The van der Waals surface area contributed by atoms with Crippen LogP contribution < -0.4 is 14.8 Å². The number of nitrogens with zero attached hydrogens (tertiary/aromatic N) is 1. The minimum absolute atomic E-state index is 0.308. The van der Waals surface area contributed by atoms with Gasteiger partial charge >= 0.3 is 0 Å². The van der Waals surface area contributed by atoms with Crippen molar-refractivity contribution in [3.8, 4) is 11.5 Å². The van der Waals surface area contributed by atoms with Crippen molar-refractivity contribution in [1.82, 2.24) is 10.2 Å². The molecular weight excluding hydrogens is 268 g/mol. The Morgan fingerprint density at radius 3 is 3.00 bits per heavy atom. The molecule has 116 valence electrons. The third-order valence-electron chi connectivity index (χ3n) is 4.01. The number of hydrogen-bond donors (Lipinski definition) is 1. The second-order valence-electron chi connectivity index (χ2n) is 5.49. The maximum Gasteiger partial charge on any atom is 0.231 e. The maximum absolute atomic E-state index is 5.53. The van der Waals surface area contributed by atoms with Crippen molar-refractivity contribution in [1.29, 1.82) is 0 Å². The maximum atomic E-state index is 5.53. The zero-order chi connectivity index (χ0) is 14.5. The van der Waals surface area contributed by atoms with E-state index < -0.39 is 0 Å². The van der Waals surface area contributed by atoms with Gasteiger partial charge in [0.2, 0.25) is 6.79 Å². The summed E-state index contributed by atoms with van der Waals surface area (Å²) in [6.45, 7) is 8.24. The lowest BCUT2D eigenvalue weighted by Crippen LogP contribution is -2.36. The van der Waals surface area contributed by atoms with Crippen molar-refractivity contribution in [2.24, 2.45) is 0 Å². The summed E-state index contributed by atoms with van der Waals surface area (Å²) in [4.78, 5) is 2.48. The van der Waals surface area contributed by atoms with E-state index in [1.807, 2.05) is 6.07 Å². The minimum Gasteiger partial charge on any atom is -0.454 e. The molecule has 0 aromatic heterocycles. The summed E-state index contributed by atoms with van der Waals surface area (Å²) in [5.74, 6) is 1.70. The van der Waals surface area contributed by atoms with E-state index in [0.29, 0.717) is 12.8 Å². The Morgan fingerprint density at radius 2 is 2.10 bits per heavy atom. The number of nitrogens with one attached hydrogen (secondary N) is 1. The first kappa shape index (κ1) is 14.6. The van der Waals surface area contributed by atoms with Crippen LogP contribution >= 0.6 is 0 Å². The lowest BCUT2D eigenvalue weighted by atomic mass is 10.1. The fourth-order valence-corrected chi connectivity index (χ4v) is 2.90. The van der Waals surface area contributed by atoms with Crippen LogP contribution in [-0.4, -0.2) is 51.1 Å². The molecule has 1 saturated heterocycles. The van der Waals surface area contributed by atoms with Crippen LogP contribution in [0.2, 0.25) is 0 Å². The topological polar surface area (TPSA) is 43.0 Å². The van der Waals surface area contributed by atoms with Crippen LogP contribution in [0.15, 0.2) is 18.2 Å². The zero-order valence-corrected chi connectivity index (χ0v) is 12.6. The largest absolute Gasteiger partial charge is 0.454 e. The predicted octanol–water partition coefficient (Wildman–Crippen LogP) is 1.79. The number of hydrogen-bond acceptors (Lipinski definition) is 5. The number of rotatable bonds is 5. The van der Waals surface area contributed by atoms with Gasteiger partial charge in [0.15, 0.2) is 11.5 Å². The Labute approximate surface area is 126 Å². The van der Waals surface area contributed by atoms with Gasteiger partial charge in [0.1, 0.15) is 0 Å². The van der Waals surface area contributed by atoms with Gasteiger partial charge in [-0.05, 0) is 30.7 Å². The van der Waals surface area contributed by atoms with Gasteiger partial charge in [0.25, 0.3) is 0 Å². The molecular formula is C16H24N2O3. The first-order valence-electron chi connectivity index (χ1n) is 7.80. The molecule has 1 N–H and O–H groups in total. The van der Waals surface area contributed by atoms with Crippen molar-refractivity contribution < 1.29 is 14.2 Å². The molecule has 21 heavy (non-hydrogen) atoms. The van der Waals surface area contributed by atoms with Crippen molar-refractivity contribution in [2.45, 2.75) is 19.4 Å². The summed E-state index contributed by atoms with van der Waals surface area (Å²) in [6.07, 6.45) is 1.11. The molecule has 5 nitrogen and oxygen atoms in total. The second kappa shape index (κ2) is 7.11. The third-order valence-corrected chi connectivity index (χ3v) is 4.01. The molecule has 0 saturated carbocycles. The van der Waals surface area contributed by atoms with E-state index in [9.17, 15) is 0 Å². The Balaban J connectivity index is 1.71. The molecule has 1 aromatic carbocycles. The Kier molecular flexibility index (Phi) is 4.95. The molecule has 0 aliphatic carbocycles. The summed E-state index contributed by atoms with van der Waals surface area (Å²) in [6, 6.07) is 6.55. The summed E-state index contributed by atoms with van der Waals surface area (Å²) in [5, 5.41) is 3.58. The minimum atomic E-state index is 0.308. The Morgan fingerprint density at radius 1 is 1.19 bits per heavy atom. The van der Waals surface area contributed by atoms with E-state index >= 15 is 0 Å². The molecule has 1 unspecified atom stereocenters. The van der Waals surface area contributed by atoms with Gasteiger partial charge < -0.3 is 19.5 Å². The van der Waals surface area contributed by atoms with Crippen LogP contribution in [0.25, 0.3) is 0 Å². The monoisotopic (exact) mass is 292 g/mol. The molecule has 0 radical (unpaired) electrons. The lowest BCUT2D eigenvalue weighted by molar-refractivity contribution is 0.139. The highest BCUT2D eigenvalue weighted by molar-refractivity contribution is 5.45. The number of fused-ring (bicyclic) bond motifs is 1. The number of likely N-dealkylation sites (N-methyl/N-ethyl adjacent to an activating group) is 1. The van der Waals surface area contributed by atoms with Crippen LogP contribution in [0.1, 0.15) is 24.9 Å². The van der Waals surface area contributed by atoms with Crippen LogP contribution in [0.5, 0.6) is 11.5 Å². The summed E-state index contributed by atoms with van der Waals surface area (Å²) >= 11 is 0. The van der Waals surface area contributed by atoms with Gasteiger partial charge in [-0.25, -0.2) is 0 Å². The van der Waals surface area contributed by atoms with Gasteiger partial charge in [-0.3, -0.25) is 4.90 Å². The van der Waals surface area contributed by atoms with Gasteiger partial charge in [0, 0.05) is 32.3 Å². The standard InChI is InChI=1S/C16H24N2O3/c1-2-17-14(11-18-6-3-8-19-9-7-18)13-4-5-15-16(10-13)21-12-20-15/h4-5,10,14,17H,2-3,6-9,11-12H2,1H3. The number of ether oxygens (including phenoxy) is 3. The Hall–Kier alpha value is -1.30. The van der Waals surface area contributed by atoms with Crippen molar-refractivity contribution in [3.63, 3.8) is 0 Å². The van der Waals surface area contributed by atoms with E-state index in [0.717, 1.165) is 57.3 Å². The molecule has 3 rings (SSSR count). The quantitative estimate of drug-likeness (QED) is 0.896. The smallest absolute Gasteiger partial charge is 0.231 e. The van der Waals surface area contributed by atoms with Crippen LogP contribution in [0, 0.1) is 0 Å². The highest BCUT2D eigenvalue weighted by Gasteiger charge is 2.20. The summed E-state index contributed by atoms with van der Waals surface area (Å²) in [5.41, 5.74) is 1.26. The molecule has 2 aliphatic heterocycles. The molecule has 0 bridgehead atoms. The molecule has 1 fully saturated rings. The van der Waals surface area contributed by atoms with E-state index in [1.54, 1.807) is 0 Å². The second-order valence-corrected chi connectivity index (χ2v) is 5.49. The van der Waals surface area contributed by atoms with E-state index in [-0.39, 0.29) is 0 Å². The van der Waals surface area contributed by atoms with Crippen molar-refractivity contribution in [3.05, 3.63) is 23.8 Å². The summed E-state index contributed by atoms with van der Waals surface area (Å²) in [7, 11) is 0. The van der Waals surface area contributed by atoms with Crippen LogP contribution in [0.3, 0.4) is 0 Å². The molecule has 2 aliphatic rings. The van der Waals surface area contributed by atoms with Gasteiger partial charge in [-0.1, -0.05) is 13.0 Å². The first-order chi connectivity index (χ1) is 10.4. The zero-order valence-electron chi connectivity index (χ0n) is 12.6. The average Bonchev–Trinajstić information content (AvgIpc) is 2.82. The summed E-state index contributed by atoms with van der Waals surface area (Å²) < 4.78 is 16.4. The number of benzene rings is 1. The Bertz CT molecular complexity index is 459. The molecule has 2 heterocycles. The highest BCUT2D eigenvalue weighted by atomic mass is 16.7. The van der Waals surface area contributed by atoms with Crippen LogP contribution in [0.4, 0.5) is 0 Å². The van der Waals surface area contributed by atoms with E-state index in [4.69, 9.17) is 14.2 Å². The third kappa shape index (κ3) is 3.67. The van der Waals surface area contributed by atoms with E-state index in [2.05, 4.69) is 29.3 Å². The highest BCUT2D eigenvalue weighted by Crippen LogP contribution is 2.34. The molecule has 1 aromatic rings. The lowest BCUT2D eigenvalue weighted by Gasteiger charge is -2.27. The molecule has 0 amide bonds. The van der Waals surface area contributed by atoms with E-state index in [1.165, 1.54) is 5.56 Å². The molecule has 0 spiro atoms. The SMILES string of the molecule is CCNC(CN1CCCOCC1)c1ccc2c(c1)OCO2. The van der Waals surface area contributed by atoms with Gasteiger partial charge in [-0.15, -0.1) is 0 Å². The normalized spacial score (nSPS) is 20.2. The van der Waals surface area contributed by atoms with Gasteiger partial charge in [0.05, 0.1) is 6.61 Å². The molecule has 1 atom stereocenters. The van der Waals surface area contributed by atoms with Crippen LogP contribution in [-0.2, 0) is 4.74 Å². The van der Waals surface area contributed by atoms with Crippen molar-refractivity contribution in [2.75, 3.05) is 46.2 Å². The first-order valence-corrected chi connectivity index (χ1v) is 7.80.